The summed E-state index contributed by atoms with van der Waals surface area (Å²) in [5.41, 5.74) is 1.93. The van der Waals surface area contributed by atoms with Crippen LogP contribution in [-0.4, -0.2) is 43.9 Å². The Hall–Kier alpha value is -1.35. The van der Waals surface area contributed by atoms with Crippen molar-refractivity contribution in [2.24, 2.45) is 0 Å². The van der Waals surface area contributed by atoms with Gasteiger partial charge >= 0.3 is 0 Å². The molecule has 86 valence electrons. The lowest BCUT2D eigenvalue weighted by Gasteiger charge is -2.34. The Bertz CT molecular complexity index is 381. The zero-order valence-electron chi connectivity index (χ0n) is 9.94. The number of Topliss-reactive ketones (excluding diaryl/α,β-unsaturated/α-hetero) is 1. The van der Waals surface area contributed by atoms with Gasteiger partial charge in [0, 0.05) is 37.4 Å². The highest BCUT2D eigenvalue weighted by Crippen LogP contribution is 2.21. The van der Waals surface area contributed by atoms with Crippen LogP contribution in [0, 0.1) is 0 Å². The fourth-order valence-corrected chi connectivity index (χ4v) is 2.09. The number of piperazine rings is 1. The number of hydrogen-bond donors (Lipinski definition) is 0. The van der Waals surface area contributed by atoms with Crippen LogP contribution >= 0.6 is 0 Å². The Morgan fingerprint density at radius 1 is 1.12 bits per heavy atom. The minimum absolute atomic E-state index is 0.148. The third kappa shape index (κ3) is 2.25. The highest BCUT2D eigenvalue weighted by Gasteiger charge is 2.17. The number of likely N-dealkylation sites (N-methyl/N-ethyl adjacent to an activating group) is 1. The number of benzene rings is 1. The zero-order chi connectivity index (χ0) is 11.5. The van der Waals surface area contributed by atoms with Gasteiger partial charge in [0.2, 0.25) is 0 Å². The second-order valence-electron chi connectivity index (χ2n) is 4.36. The standard InChI is InChI=1S/C13H18N2O/c1-11(16)12-5-3-4-6-13(12)15-9-7-14(2)8-10-15/h3-6H,7-10H2,1-2H3. The molecule has 0 amide bonds. The first-order valence-electron chi connectivity index (χ1n) is 5.72. The van der Waals surface area contributed by atoms with Crippen LogP contribution in [0.3, 0.4) is 0 Å². The number of carbonyl (C=O) groups excluding carboxylic acids is 1. The molecule has 1 aromatic rings. The average Bonchev–Trinajstić information content (AvgIpc) is 2.30. The van der Waals surface area contributed by atoms with Crippen LogP contribution in [0.15, 0.2) is 24.3 Å². The van der Waals surface area contributed by atoms with Crippen molar-refractivity contribution < 1.29 is 4.79 Å². The Labute approximate surface area is 96.7 Å². The van der Waals surface area contributed by atoms with E-state index in [-0.39, 0.29) is 5.78 Å². The second-order valence-corrected chi connectivity index (χ2v) is 4.36. The molecule has 1 aliphatic heterocycles. The predicted octanol–water partition coefficient (Wildman–Crippen LogP) is 1.64. The SMILES string of the molecule is CC(=O)c1ccccc1N1CCN(C)CC1. The van der Waals surface area contributed by atoms with E-state index in [4.69, 9.17) is 0 Å². The molecule has 1 fully saturated rings. The van der Waals surface area contributed by atoms with Gasteiger partial charge in [-0.1, -0.05) is 12.1 Å². The molecule has 0 aromatic heterocycles. The molecule has 2 rings (SSSR count). The molecule has 1 saturated heterocycles. The van der Waals surface area contributed by atoms with Gasteiger partial charge in [0.15, 0.2) is 5.78 Å². The van der Waals surface area contributed by atoms with E-state index in [1.165, 1.54) is 0 Å². The monoisotopic (exact) mass is 218 g/mol. The molecule has 0 N–H and O–H groups in total. The molecule has 16 heavy (non-hydrogen) atoms. The summed E-state index contributed by atoms with van der Waals surface area (Å²) in [4.78, 5) is 16.2. The largest absolute Gasteiger partial charge is 0.368 e. The fourth-order valence-electron chi connectivity index (χ4n) is 2.09. The summed E-state index contributed by atoms with van der Waals surface area (Å²) in [5.74, 6) is 0.148. The van der Waals surface area contributed by atoms with Crippen molar-refractivity contribution in [3.63, 3.8) is 0 Å². The summed E-state index contributed by atoms with van der Waals surface area (Å²) < 4.78 is 0. The number of para-hydroxylation sites is 1. The highest BCUT2D eigenvalue weighted by atomic mass is 16.1. The number of carbonyl (C=O) groups is 1. The van der Waals surface area contributed by atoms with Gasteiger partial charge in [-0.2, -0.15) is 0 Å². The van der Waals surface area contributed by atoms with Gasteiger partial charge in [-0.05, 0) is 26.1 Å². The van der Waals surface area contributed by atoms with Gasteiger partial charge in [-0.25, -0.2) is 0 Å². The molecule has 0 atom stereocenters. The fraction of sp³-hybridized carbons (Fsp3) is 0.462. The van der Waals surface area contributed by atoms with Crippen LogP contribution in [0.5, 0.6) is 0 Å². The van der Waals surface area contributed by atoms with Crippen molar-refractivity contribution in [2.75, 3.05) is 38.1 Å². The van der Waals surface area contributed by atoms with E-state index in [1.807, 2.05) is 24.3 Å². The van der Waals surface area contributed by atoms with Crippen LogP contribution in [0.2, 0.25) is 0 Å². The molecule has 0 radical (unpaired) electrons. The van der Waals surface area contributed by atoms with E-state index in [0.717, 1.165) is 37.4 Å². The number of rotatable bonds is 2. The first-order valence-corrected chi connectivity index (χ1v) is 5.72. The molecular formula is C13H18N2O. The molecular weight excluding hydrogens is 200 g/mol. The molecule has 0 unspecified atom stereocenters. The van der Waals surface area contributed by atoms with Gasteiger partial charge in [0.05, 0.1) is 0 Å². The molecule has 0 aliphatic carbocycles. The lowest BCUT2D eigenvalue weighted by molar-refractivity contribution is 0.101. The summed E-state index contributed by atoms with van der Waals surface area (Å²) in [6.07, 6.45) is 0. The third-order valence-electron chi connectivity index (χ3n) is 3.13. The first-order chi connectivity index (χ1) is 7.68. The number of hydrogen-bond acceptors (Lipinski definition) is 3. The van der Waals surface area contributed by atoms with E-state index in [0.29, 0.717) is 0 Å². The summed E-state index contributed by atoms with van der Waals surface area (Å²) in [6.45, 7) is 5.76. The summed E-state index contributed by atoms with van der Waals surface area (Å²) in [7, 11) is 2.13. The Balaban J connectivity index is 2.23. The Morgan fingerprint density at radius 3 is 2.38 bits per heavy atom. The second kappa shape index (κ2) is 4.66. The molecule has 3 heteroatoms. The van der Waals surface area contributed by atoms with Crippen molar-refractivity contribution in [3.8, 4) is 0 Å². The van der Waals surface area contributed by atoms with Crippen molar-refractivity contribution in [1.82, 2.24) is 4.90 Å². The number of ketones is 1. The first kappa shape index (κ1) is 11.1. The van der Waals surface area contributed by atoms with E-state index >= 15 is 0 Å². The van der Waals surface area contributed by atoms with Crippen molar-refractivity contribution in [1.29, 1.82) is 0 Å². The Kier molecular flexibility index (Phi) is 3.25. The smallest absolute Gasteiger partial charge is 0.161 e. The minimum Gasteiger partial charge on any atom is -0.368 e. The lowest BCUT2D eigenvalue weighted by atomic mass is 10.1. The van der Waals surface area contributed by atoms with Gasteiger partial charge in [0.1, 0.15) is 0 Å². The van der Waals surface area contributed by atoms with E-state index in [2.05, 4.69) is 16.8 Å². The molecule has 0 bridgehead atoms. The molecule has 0 saturated carbocycles. The Morgan fingerprint density at radius 2 is 1.75 bits per heavy atom. The van der Waals surface area contributed by atoms with Crippen LogP contribution in [0.25, 0.3) is 0 Å². The van der Waals surface area contributed by atoms with Gasteiger partial charge in [0.25, 0.3) is 0 Å². The molecule has 3 nitrogen and oxygen atoms in total. The predicted molar refractivity (Wildman–Crippen MR) is 66.2 cm³/mol. The van der Waals surface area contributed by atoms with Crippen LogP contribution in [0.1, 0.15) is 17.3 Å². The minimum atomic E-state index is 0.148. The summed E-state index contributed by atoms with van der Waals surface area (Å²) in [6, 6.07) is 7.88. The van der Waals surface area contributed by atoms with E-state index in [9.17, 15) is 4.79 Å². The van der Waals surface area contributed by atoms with Gasteiger partial charge in [-0.15, -0.1) is 0 Å². The van der Waals surface area contributed by atoms with Crippen molar-refractivity contribution >= 4 is 11.5 Å². The van der Waals surface area contributed by atoms with Crippen molar-refractivity contribution in [2.45, 2.75) is 6.92 Å². The molecule has 1 aliphatic rings. The summed E-state index contributed by atoms with van der Waals surface area (Å²) in [5, 5.41) is 0. The third-order valence-corrected chi connectivity index (χ3v) is 3.13. The molecule has 1 heterocycles. The van der Waals surface area contributed by atoms with E-state index in [1.54, 1.807) is 6.92 Å². The normalized spacial score (nSPS) is 17.5. The van der Waals surface area contributed by atoms with Crippen LogP contribution < -0.4 is 4.90 Å². The number of anilines is 1. The molecule has 1 aromatic carbocycles. The highest BCUT2D eigenvalue weighted by molar-refractivity contribution is 5.99. The quantitative estimate of drug-likeness (QED) is 0.705. The number of nitrogens with zero attached hydrogens (tertiary/aromatic N) is 2. The molecule has 0 spiro atoms. The van der Waals surface area contributed by atoms with E-state index < -0.39 is 0 Å². The lowest BCUT2D eigenvalue weighted by Crippen LogP contribution is -2.44. The maximum Gasteiger partial charge on any atom is 0.161 e. The van der Waals surface area contributed by atoms with Gasteiger partial charge in [-0.3, -0.25) is 4.79 Å². The maximum absolute atomic E-state index is 11.5. The van der Waals surface area contributed by atoms with Crippen LogP contribution in [0.4, 0.5) is 5.69 Å². The van der Waals surface area contributed by atoms with Crippen LogP contribution in [-0.2, 0) is 0 Å². The van der Waals surface area contributed by atoms with Crippen molar-refractivity contribution in [3.05, 3.63) is 29.8 Å². The van der Waals surface area contributed by atoms with Gasteiger partial charge < -0.3 is 9.80 Å². The zero-order valence-corrected chi connectivity index (χ0v) is 9.94. The average molecular weight is 218 g/mol. The summed E-state index contributed by atoms with van der Waals surface area (Å²) >= 11 is 0. The topological polar surface area (TPSA) is 23.6 Å². The maximum atomic E-state index is 11.5.